The summed E-state index contributed by atoms with van der Waals surface area (Å²) < 4.78 is 0. The van der Waals surface area contributed by atoms with Crippen molar-refractivity contribution in [3.63, 3.8) is 0 Å². The first-order chi connectivity index (χ1) is 14.5. The molecular formula is C23H17N3O3S. The number of non-ortho nitro benzene ring substituents is 1. The fourth-order valence-corrected chi connectivity index (χ4v) is 4.20. The number of carbonyl (C=O) groups is 1. The summed E-state index contributed by atoms with van der Waals surface area (Å²) in [4.78, 5) is 29.6. The minimum absolute atomic E-state index is 0.0324. The highest BCUT2D eigenvalue weighted by molar-refractivity contribution is 7.99. The van der Waals surface area contributed by atoms with Crippen molar-refractivity contribution in [1.82, 2.24) is 4.98 Å². The lowest BCUT2D eigenvalue weighted by Gasteiger charge is -2.13. The SMILES string of the molecule is Cc1cccc(Sc2ccc([N+](=O)[O-])cc2)c1C(=O)Nc1cccc2cccnc12. The van der Waals surface area contributed by atoms with Crippen LogP contribution in [0.1, 0.15) is 15.9 Å². The van der Waals surface area contributed by atoms with E-state index in [4.69, 9.17) is 0 Å². The molecule has 4 aromatic rings. The van der Waals surface area contributed by atoms with Crippen LogP contribution in [0.2, 0.25) is 0 Å². The number of aromatic nitrogens is 1. The van der Waals surface area contributed by atoms with Gasteiger partial charge in [-0.1, -0.05) is 42.1 Å². The molecule has 4 rings (SSSR count). The summed E-state index contributed by atoms with van der Waals surface area (Å²) in [5.74, 6) is -0.226. The summed E-state index contributed by atoms with van der Waals surface area (Å²) in [6.45, 7) is 1.89. The molecule has 3 aromatic carbocycles. The van der Waals surface area contributed by atoms with Crippen molar-refractivity contribution in [1.29, 1.82) is 0 Å². The molecule has 1 N–H and O–H groups in total. The van der Waals surface area contributed by atoms with Gasteiger partial charge in [-0.05, 0) is 42.8 Å². The Kier molecular flexibility index (Phi) is 5.45. The highest BCUT2D eigenvalue weighted by atomic mass is 32.2. The Balaban J connectivity index is 1.65. The van der Waals surface area contributed by atoms with Gasteiger partial charge < -0.3 is 5.32 Å². The number of aryl methyl sites for hydroxylation is 1. The second-order valence-corrected chi connectivity index (χ2v) is 7.75. The zero-order chi connectivity index (χ0) is 21.1. The second-order valence-electron chi connectivity index (χ2n) is 6.64. The Bertz CT molecular complexity index is 1250. The van der Waals surface area contributed by atoms with E-state index in [9.17, 15) is 14.9 Å². The third-order valence-corrected chi connectivity index (χ3v) is 5.69. The van der Waals surface area contributed by atoms with Crippen LogP contribution in [0, 0.1) is 17.0 Å². The maximum Gasteiger partial charge on any atom is 0.269 e. The van der Waals surface area contributed by atoms with Gasteiger partial charge >= 0.3 is 0 Å². The van der Waals surface area contributed by atoms with Crippen molar-refractivity contribution in [2.45, 2.75) is 16.7 Å². The molecule has 1 heterocycles. The molecule has 6 nitrogen and oxygen atoms in total. The largest absolute Gasteiger partial charge is 0.320 e. The number of anilines is 1. The number of fused-ring (bicyclic) bond motifs is 1. The lowest BCUT2D eigenvalue weighted by molar-refractivity contribution is -0.384. The molecule has 30 heavy (non-hydrogen) atoms. The quantitative estimate of drug-likeness (QED) is 0.326. The van der Waals surface area contributed by atoms with Gasteiger partial charge in [-0.2, -0.15) is 0 Å². The van der Waals surface area contributed by atoms with Gasteiger partial charge in [0.2, 0.25) is 0 Å². The molecule has 0 atom stereocenters. The molecule has 0 unspecified atom stereocenters. The molecule has 0 aliphatic carbocycles. The molecule has 0 bridgehead atoms. The Morgan fingerprint density at radius 1 is 1.00 bits per heavy atom. The third-order valence-electron chi connectivity index (χ3n) is 4.62. The van der Waals surface area contributed by atoms with Gasteiger partial charge in [0.05, 0.1) is 21.7 Å². The number of carbonyl (C=O) groups excluding carboxylic acids is 1. The van der Waals surface area contributed by atoms with E-state index in [1.165, 1.54) is 23.9 Å². The van der Waals surface area contributed by atoms with Crippen molar-refractivity contribution in [3.8, 4) is 0 Å². The normalized spacial score (nSPS) is 10.7. The van der Waals surface area contributed by atoms with Crippen LogP contribution in [0.3, 0.4) is 0 Å². The number of nitro benzene ring substituents is 1. The monoisotopic (exact) mass is 415 g/mol. The van der Waals surface area contributed by atoms with Gasteiger partial charge in [0.15, 0.2) is 0 Å². The number of para-hydroxylation sites is 1. The molecule has 0 saturated carbocycles. The minimum atomic E-state index is -0.432. The topological polar surface area (TPSA) is 85.1 Å². The fraction of sp³-hybridized carbons (Fsp3) is 0.0435. The van der Waals surface area contributed by atoms with Gasteiger partial charge in [-0.3, -0.25) is 19.9 Å². The van der Waals surface area contributed by atoms with Gasteiger partial charge in [0.1, 0.15) is 0 Å². The van der Waals surface area contributed by atoms with E-state index < -0.39 is 4.92 Å². The Morgan fingerprint density at radius 3 is 2.50 bits per heavy atom. The molecule has 0 aliphatic rings. The van der Waals surface area contributed by atoms with E-state index in [1.807, 2.05) is 55.5 Å². The number of hydrogen-bond donors (Lipinski definition) is 1. The summed E-state index contributed by atoms with van der Waals surface area (Å²) >= 11 is 1.39. The molecule has 1 aromatic heterocycles. The van der Waals surface area contributed by atoms with Crippen LogP contribution >= 0.6 is 11.8 Å². The predicted molar refractivity (Wildman–Crippen MR) is 118 cm³/mol. The predicted octanol–water partition coefficient (Wildman–Crippen LogP) is 5.85. The molecular weight excluding hydrogens is 398 g/mol. The van der Waals surface area contributed by atoms with E-state index >= 15 is 0 Å². The Labute approximate surface area is 177 Å². The Morgan fingerprint density at radius 2 is 1.73 bits per heavy atom. The van der Waals surface area contributed by atoms with Crippen molar-refractivity contribution in [2.24, 2.45) is 0 Å². The lowest BCUT2D eigenvalue weighted by Crippen LogP contribution is -2.15. The van der Waals surface area contributed by atoms with Crippen molar-refractivity contribution in [3.05, 3.63) is 100 Å². The van der Waals surface area contributed by atoms with Gasteiger partial charge in [-0.25, -0.2) is 0 Å². The first-order valence-corrected chi connectivity index (χ1v) is 10.0. The summed E-state index contributed by atoms with van der Waals surface area (Å²) in [5.41, 5.74) is 2.81. The summed E-state index contributed by atoms with van der Waals surface area (Å²) in [7, 11) is 0. The van der Waals surface area contributed by atoms with Crippen LogP contribution in [-0.4, -0.2) is 15.8 Å². The standard InChI is InChI=1S/C23H17N3O3S/c1-15-5-2-9-20(30-18-12-10-17(11-13-18)26(28)29)21(15)23(27)25-19-8-3-6-16-7-4-14-24-22(16)19/h2-14H,1H3,(H,25,27). The molecule has 0 saturated heterocycles. The second kappa shape index (κ2) is 8.34. The van der Waals surface area contributed by atoms with E-state index in [-0.39, 0.29) is 11.6 Å². The maximum absolute atomic E-state index is 13.2. The lowest BCUT2D eigenvalue weighted by atomic mass is 10.1. The first-order valence-electron chi connectivity index (χ1n) is 9.20. The summed E-state index contributed by atoms with van der Waals surface area (Å²) in [6.07, 6.45) is 1.70. The number of nitrogens with one attached hydrogen (secondary N) is 1. The number of rotatable bonds is 5. The minimum Gasteiger partial charge on any atom is -0.320 e. The van der Waals surface area contributed by atoms with Crippen LogP contribution in [0.15, 0.2) is 88.8 Å². The van der Waals surface area contributed by atoms with Gasteiger partial charge in [-0.15, -0.1) is 0 Å². The van der Waals surface area contributed by atoms with Crippen molar-refractivity contribution >= 4 is 39.9 Å². The smallest absolute Gasteiger partial charge is 0.269 e. The third kappa shape index (κ3) is 4.01. The number of pyridine rings is 1. The van der Waals surface area contributed by atoms with E-state index in [2.05, 4.69) is 10.3 Å². The number of benzene rings is 3. The average Bonchev–Trinajstić information content (AvgIpc) is 2.74. The molecule has 0 fully saturated rings. The molecule has 0 aliphatic heterocycles. The zero-order valence-corrected chi connectivity index (χ0v) is 16.8. The molecule has 0 radical (unpaired) electrons. The van der Waals surface area contributed by atoms with E-state index in [0.717, 1.165) is 26.3 Å². The molecule has 1 amide bonds. The van der Waals surface area contributed by atoms with Gasteiger partial charge in [0, 0.05) is 33.5 Å². The fourth-order valence-electron chi connectivity index (χ4n) is 3.17. The Hall–Kier alpha value is -3.71. The van der Waals surface area contributed by atoms with Crippen LogP contribution < -0.4 is 5.32 Å². The number of hydrogen-bond acceptors (Lipinski definition) is 5. The molecule has 0 spiro atoms. The average molecular weight is 415 g/mol. The van der Waals surface area contributed by atoms with Crippen LogP contribution in [-0.2, 0) is 0 Å². The van der Waals surface area contributed by atoms with E-state index in [0.29, 0.717) is 11.3 Å². The van der Waals surface area contributed by atoms with Crippen molar-refractivity contribution in [2.75, 3.05) is 5.32 Å². The highest BCUT2D eigenvalue weighted by Crippen LogP contribution is 2.33. The van der Waals surface area contributed by atoms with Crippen LogP contribution in [0.25, 0.3) is 10.9 Å². The number of amides is 1. The molecule has 148 valence electrons. The van der Waals surface area contributed by atoms with Crippen LogP contribution in [0.5, 0.6) is 0 Å². The summed E-state index contributed by atoms with van der Waals surface area (Å²) in [5, 5.41) is 14.8. The summed E-state index contributed by atoms with van der Waals surface area (Å²) in [6, 6.07) is 21.4. The van der Waals surface area contributed by atoms with Crippen LogP contribution in [0.4, 0.5) is 11.4 Å². The molecule has 7 heteroatoms. The first kappa shape index (κ1) is 19.6. The highest BCUT2D eigenvalue weighted by Gasteiger charge is 2.17. The van der Waals surface area contributed by atoms with E-state index in [1.54, 1.807) is 18.3 Å². The van der Waals surface area contributed by atoms with Gasteiger partial charge in [0.25, 0.3) is 11.6 Å². The number of nitro groups is 1. The number of nitrogens with zero attached hydrogens (tertiary/aromatic N) is 2. The zero-order valence-electron chi connectivity index (χ0n) is 16.0. The van der Waals surface area contributed by atoms with Crippen molar-refractivity contribution < 1.29 is 9.72 Å². The maximum atomic E-state index is 13.2.